The molecule has 0 bridgehead atoms. The number of hydrogen-bond donors (Lipinski definition) is 0. The third-order valence-electron chi connectivity index (χ3n) is 5.68. The van der Waals surface area contributed by atoms with Gasteiger partial charge in [-0.05, 0) is 41.7 Å². The number of para-hydroxylation sites is 2. The molecule has 0 saturated heterocycles. The maximum atomic E-state index is 5.08. The molecule has 0 amide bonds. The van der Waals surface area contributed by atoms with Crippen molar-refractivity contribution >= 4 is 17.1 Å². The molecule has 0 spiro atoms. The SMILES string of the molecule is CC(/C=C(/C)[N-]c1c(C(C)C)cccc1C(C)C)=Nc1c(C(C)C)cccc1C(C)C.[K+]. The van der Waals surface area contributed by atoms with Crippen LogP contribution in [0.1, 0.15) is 115 Å². The van der Waals surface area contributed by atoms with Gasteiger partial charge in [-0.2, -0.15) is 5.70 Å². The van der Waals surface area contributed by atoms with Crippen LogP contribution in [0.2, 0.25) is 0 Å². The van der Waals surface area contributed by atoms with Crippen molar-refractivity contribution in [3.8, 4) is 0 Å². The standard InChI is InChI=1S/C29H41N2.K/c1-18(2)24-13-11-14-25(19(3)4)28(24)30-22(9)17-23(10)31-29-26(20(5)6)15-12-16-27(29)21(7)8;/h11-21H,1-10H3;/q-1;+1/b22-17-,31-23?;. The first kappa shape index (κ1) is 29.3. The van der Waals surface area contributed by atoms with Gasteiger partial charge in [-0.3, -0.25) is 4.99 Å². The molecule has 0 saturated carbocycles. The monoisotopic (exact) mass is 456 g/mol. The van der Waals surface area contributed by atoms with E-state index in [0.717, 1.165) is 22.8 Å². The Hall–Kier alpha value is -0.714. The summed E-state index contributed by atoms with van der Waals surface area (Å²) in [6.45, 7) is 22.1. The molecule has 0 aliphatic rings. The van der Waals surface area contributed by atoms with Crippen LogP contribution in [-0.2, 0) is 0 Å². The zero-order valence-corrected chi connectivity index (χ0v) is 25.4. The van der Waals surface area contributed by atoms with Gasteiger partial charge in [0.25, 0.3) is 0 Å². The zero-order chi connectivity index (χ0) is 23.3. The summed E-state index contributed by atoms with van der Waals surface area (Å²) in [5, 5.41) is 5.08. The first-order valence-corrected chi connectivity index (χ1v) is 11.7. The second-order valence-electron chi connectivity index (χ2n) is 9.84. The Kier molecular flexibility index (Phi) is 12.1. The Labute approximate surface area is 239 Å². The summed E-state index contributed by atoms with van der Waals surface area (Å²) >= 11 is 0. The largest absolute Gasteiger partial charge is 1.00 e. The molecule has 32 heavy (non-hydrogen) atoms. The zero-order valence-electron chi connectivity index (χ0n) is 22.2. The predicted molar refractivity (Wildman–Crippen MR) is 139 cm³/mol. The normalized spacial score (nSPS) is 12.7. The maximum Gasteiger partial charge on any atom is 1.00 e. The Morgan fingerprint density at radius 3 is 1.44 bits per heavy atom. The van der Waals surface area contributed by atoms with E-state index in [1.165, 1.54) is 22.3 Å². The minimum atomic E-state index is 0. The Bertz CT molecular complexity index is 897. The van der Waals surface area contributed by atoms with Crippen LogP contribution in [0.4, 0.5) is 11.4 Å². The molecule has 3 heteroatoms. The van der Waals surface area contributed by atoms with Gasteiger partial charge in [0, 0.05) is 5.71 Å². The van der Waals surface area contributed by atoms with Crippen molar-refractivity contribution in [1.29, 1.82) is 0 Å². The fraction of sp³-hybridized carbons (Fsp3) is 0.483. The smallest absolute Gasteiger partial charge is 0.661 e. The molecule has 0 N–H and O–H groups in total. The molecular formula is C29H41KN2. The molecule has 2 aromatic carbocycles. The second-order valence-corrected chi connectivity index (χ2v) is 9.84. The number of aliphatic imine (C=N–C) groups is 1. The molecule has 2 aromatic rings. The van der Waals surface area contributed by atoms with Crippen LogP contribution in [0, 0.1) is 0 Å². The number of nitrogens with zero attached hydrogens (tertiary/aromatic N) is 2. The summed E-state index contributed by atoms with van der Waals surface area (Å²) in [5.74, 6) is 1.75. The predicted octanol–water partition coefficient (Wildman–Crippen LogP) is 6.89. The van der Waals surface area contributed by atoms with Gasteiger partial charge in [0.1, 0.15) is 0 Å². The molecule has 0 aliphatic heterocycles. The van der Waals surface area contributed by atoms with Crippen molar-refractivity contribution in [2.75, 3.05) is 0 Å². The summed E-state index contributed by atoms with van der Waals surface area (Å²) in [4.78, 5) is 5.08. The summed E-state index contributed by atoms with van der Waals surface area (Å²) in [6.07, 6.45) is 2.11. The van der Waals surface area contributed by atoms with E-state index >= 15 is 0 Å². The first-order chi connectivity index (χ1) is 14.5. The van der Waals surface area contributed by atoms with Crippen LogP contribution in [0.3, 0.4) is 0 Å². The van der Waals surface area contributed by atoms with Gasteiger partial charge in [0.15, 0.2) is 0 Å². The number of benzene rings is 2. The average Bonchev–Trinajstić information content (AvgIpc) is 2.67. The van der Waals surface area contributed by atoms with E-state index in [1.807, 2.05) is 0 Å². The molecule has 168 valence electrons. The van der Waals surface area contributed by atoms with Gasteiger partial charge in [-0.1, -0.05) is 116 Å². The first-order valence-electron chi connectivity index (χ1n) is 11.7. The Morgan fingerprint density at radius 1 is 0.688 bits per heavy atom. The molecular weight excluding hydrogens is 415 g/mol. The third kappa shape index (κ3) is 7.67. The van der Waals surface area contributed by atoms with Crippen LogP contribution in [0.15, 0.2) is 53.2 Å². The van der Waals surface area contributed by atoms with Crippen LogP contribution < -0.4 is 51.4 Å². The molecule has 0 aromatic heterocycles. The fourth-order valence-electron chi connectivity index (χ4n) is 4.00. The Balaban J connectivity index is 0.00000512. The van der Waals surface area contributed by atoms with Crippen LogP contribution >= 0.6 is 0 Å². The van der Waals surface area contributed by atoms with Gasteiger partial charge in [0.05, 0.1) is 5.69 Å². The van der Waals surface area contributed by atoms with E-state index in [-0.39, 0.29) is 51.4 Å². The molecule has 0 aliphatic carbocycles. The van der Waals surface area contributed by atoms with E-state index < -0.39 is 0 Å². The van der Waals surface area contributed by atoms with Crippen molar-refractivity contribution in [3.63, 3.8) is 0 Å². The van der Waals surface area contributed by atoms with Gasteiger partial charge in [-0.15, -0.1) is 5.69 Å². The summed E-state index contributed by atoms with van der Waals surface area (Å²) in [6, 6.07) is 13.1. The van der Waals surface area contributed by atoms with E-state index in [9.17, 15) is 0 Å². The number of hydrogen-bond acceptors (Lipinski definition) is 1. The van der Waals surface area contributed by atoms with Gasteiger partial charge in [0.2, 0.25) is 0 Å². The second kappa shape index (κ2) is 13.2. The van der Waals surface area contributed by atoms with Crippen molar-refractivity contribution < 1.29 is 51.4 Å². The van der Waals surface area contributed by atoms with Gasteiger partial charge >= 0.3 is 51.4 Å². The van der Waals surface area contributed by atoms with Crippen LogP contribution in [0.5, 0.6) is 0 Å². The van der Waals surface area contributed by atoms with Crippen molar-refractivity contribution in [2.24, 2.45) is 4.99 Å². The summed E-state index contributed by atoms with van der Waals surface area (Å²) < 4.78 is 0. The third-order valence-corrected chi connectivity index (χ3v) is 5.68. The van der Waals surface area contributed by atoms with Crippen molar-refractivity contribution in [2.45, 2.75) is 92.9 Å². The quantitative estimate of drug-likeness (QED) is 0.305. The average molecular weight is 457 g/mol. The summed E-state index contributed by atoms with van der Waals surface area (Å²) in [5.41, 5.74) is 9.45. The molecule has 0 fully saturated rings. The topological polar surface area (TPSA) is 26.5 Å². The minimum Gasteiger partial charge on any atom is -0.661 e. The number of rotatable bonds is 8. The molecule has 2 nitrogen and oxygen atoms in total. The molecule has 0 atom stereocenters. The summed E-state index contributed by atoms with van der Waals surface area (Å²) in [7, 11) is 0. The van der Waals surface area contributed by atoms with Gasteiger partial charge in [-0.25, -0.2) is 0 Å². The Morgan fingerprint density at radius 2 is 1.06 bits per heavy atom. The maximum absolute atomic E-state index is 5.08. The van der Waals surface area contributed by atoms with Crippen molar-refractivity contribution in [1.82, 2.24) is 0 Å². The molecule has 0 radical (unpaired) electrons. The van der Waals surface area contributed by atoms with E-state index in [0.29, 0.717) is 23.7 Å². The van der Waals surface area contributed by atoms with E-state index in [2.05, 4.69) is 112 Å². The fourth-order valence-corrected chi connectivity index (χ4v) is 4.00. The molecule has 0 unspecified atom stereocenters. The number of allylic oxidation sites excluding steroid dienone is 2. The molecule has 2 rings (SSSR count). The van der Waals surface area contributed by atoms with Crippen molar-refractivity contribution in [3.05, 3.63) is 75.7 Å². The van der Waals surface area contributed by atoms with Crippen LogP contribution in [0.25, 0.3) is 5.32 Å². The minimum absolute atomic E-state index is 0. The van der Waals surface area contributed by atoms with E-state index in [1.54, 1.807) is 0 Å². The van der Waals surface area contributed by atoms with E-state index in [4.69, 9.17) is 10.3 Å². The molecule has 0 heterocycles. The van der Waals surface area contributed by atoms with Gasteiger partial charge < -0.3 is 5.32 Å². The van der Waals surface area contributed by atoms with Crippen LogP contribution in [-0.4, -0.2) is 5.71 Å².